The minimum atomic E-state index is -0.101. The third-order valence-corrected chi connectivity index (χ3v) is 5.30. The highest BCUT2D eigenvalue weighted by molar-refractivity contribution is 5.63. The zero-order valence-corrected chi connectivity index (χ0v) is 13.2. The second kappa shape index (κ2) is 6.21. The van der Waals surface area contributed by atoms with Gasteiger partial charge in [0.05, 0.1) is 0 Å². The highest BCUT2D eigenvalue weighted by Crippen LogP contribution is 2.37. The van der Waals surface area contributed by atoms with E-state index in [-0.39, 0.29) is 5.41 Å². The number of aryl methyl sites for hydroxylation is 2. The maximum absolute atomic E-state index is 11.8. The zero-order valence-electron chi connectivity index (χ0n) is 13.2. The summed E-state index contributed by atoms with van der Waals surface area (Å²) in [4.78, 5) is 14.3. The molecule has 0 atom stereocenters. The van der Waals surface area contributed by atoms with Crippen LogP contribution in [-0.2, 0) is 11.2 Å². The lowest BCUT2D eigenvalue weighted by Gasteiger charge is -2.38. The van der Waals surface area contributed by atoms with E-state index in [0.29, 0.717) is 0 Å². The number of hydrogen-bond donors (Lipinski definition) is 0. The Morgan fingerprint density at radius 2 is 1.90 bits per heavy atom. The van der Waals surface area contributed by atoms with E-state index >= 15 is 0 Å². The first-order valence-electron chi connectivity index (χ1n) is 8.53. The summed E-state index contributed by atoms with van der Waals surface area (Å²) in [5.41, 5.74) is 4.08. The van der Waals surface area contributed by atoms with Gasteiger partial charge in [-0.05, 0) is 44.2 Å². The van der Waals surface area contributed by atoms with E-state index in [1.165, 1.54) is 61.6 Å². The molecular weight excluding hydrogens is 258 g/mol. The minimum absolute atomic E-state index is 0.101. The molecule has 0 spiro atoms. The molecule has 1 heterocycles. The summed E-state index contributed by atoms with van der Waals surface area (Å²) in [5, 5.41) is 0. The summed E-state index contributed by atoms with van der Waals surface area (Å²) >= 11 is 0. The molecule has 1 fully saturated rings. The van der Waals surface area contributed by atoms with E-state index in [1.807, 2.05) is 0 Å². The lowest BCUT2D eigenvalue weighted by molar-refractivity contribution is -0.116. The van der Waals surface area contributed by atoms with E-state index in [2.05, 4.69) is 30.0 Å². The molecule has 1 aromatic rings. The van der Waals surface area contributed by atoms with E-state index in [1.54, 1.807) is 0 Å². The fourth-order valence-electron chi connectivity index (χ4n) is 4.09. The molecule has 0 aromatic heterocycles. The van der Waals surface area contributed by atoms with Crippen LogP contribution in [0.2, 0.25) is 0 Å². The number of rotatable bonds is 3. The van der Waals surface area contributed by atoms with Gasteiger partial charge in [-0.25, -0.2) is 0 Å². The topological polar surface area (TPSA) is 20.3 Å². The standard InChI is InChI=1S/C19H27NO/c1-16-8-9-18-17(13-16)7-6-12-20(18)14-19(15-21)10-4-2-3-5-11-19/h8-9,13,15H,2-7,10-12,14H2,1H3. The van der Waals surface area contributed by atoms with Crippen LogP contribution >= 0.6 is 0 Å². The molecule has 0 bridgehead atoms. The van der Waals surface area contributed by atoms with Gasteiger partial charge in [0.2, 0.25) is 0 Å². The van der Waals surface area contributed by atoms with Crippen molar-refractivity contribution in [1.29, 1.82) is 0 Å². The van der Waals surface area contributed by atoms with Crippen LogP contribution in [0.3, 0.4) is 0 Å². The smallest absolute Gasteiger partial charge is 0.127 e. The lowest BCUT2D eigenvalue weighted by atomic mass is 9.80. The van der Waals surface area contributed by atoms with Crippen LogP contribution in [0.15, 0.2) is 18.2 Å². The highest BCUT2D eigenvalue weighted by Gasteiger charge is 2.34. The molecule has 3 rings (SSSR count). The second-order valence-electron chi connectivity index (χ2n) is 7.05. The van der Waals surface area contributed by atoms with Gasteiger partial charge in [0, 0.05) is 24.2 Å². The van der Waals surface area contributed by atoms with Crippen LogP contribution in [0.5, 0.6) is 0 Å². The molecule has 1 aliphatic carbocycles. The van der Waals surface area contributed by atoms with Crippen LogP contribution in [0.4, 0.5) is 5.69 Å². The summed E-state index contributed by atoms with van der Waals surface area (Å²) in [6.07, 6.45) is 10.9. The molecule has 0 saturated heterocycles. The molecule has 0 unspecified atom stereocenters. The monoisotopic (exact) mass is 285 g/mol. The number of fused-ring (bicyclic) bond motifs is 1. The van der Waals surface area contributed by atoms with Gasteiger partial charge in [-0.15, -0.1) is 0 Å². The SMILES string of the molecule is Cc1ccc2c(c1)CCCN2CC1(C=O)CCCCCC1. The number of hydrogen-bond acceptors (Lipinski definition) is 2. The van der Waals surface area contributed by atoms with Crippen molar-refractivity contribution in [2.75, 3.05) is 18.0 Å². The first kappa shape index (κ1) is 14.6. The number of carbonyl (C=O) groups excluding carboxylic acids is 1. The van der Waals surface area contributed by atoms with Crippen LogP contribution in [0, 0.1) is 12.3 Å². The molecule has 2 aliphatic rings. The molecule has 1 aromatic carbocycles. The van der Waals surface area contributed by atoms with Crippen LogP contribution in [0.1, 0.15) is 56.1 Å². The second-order valence-corrected chi connectivity index (χ2v) is 7.05. The Balaban J connectivity index is 1.83. The third-order valence-electron chi connectivity index (χ3n) is 5.30. The number of nitrogens with zero attached hydrogens (tertiary/aromatic N) is 1. The Labute approximate surface area is 128 Å². The summed E-state index contributed by atoms with van der Waals surface area (Å²) < 4.78 is 0. The van der Waals surface area contributed by atoms with Gasteiger partial charge >= 0.3 is 0 Å². The Kier molecular flexibility index (Phi) is 4.32. The van der Waals surface area contributed by atoms with E-state index < -0.39 is 0 Å². The van der Waals surface area contributed by atoms with Crippen LogP contribution in [0.25, 0.3) is 0 Å². The fourth-order valence-corrected chi connectivity index (χ4v) is 4.09. The van der Waals surface area contributed by atoms with Gasteiger partial charge in [-0.3, -0.25) is 0 Å². The van der Waals surface area contributed by atoms with Crippen molar-refractivity contribution >= 4 is 12.0 Å². The van der Waals surface area contributed by atoms with Crippen molar-refractivity contribution in [3.63, 3.8) is 0 Å². The molecule has 2 nitrogen and oxygen atoms in total. The highest BCUT2D eigenvalue weighted by atomic mass is 16.1. The van der Waals surface area contributed by atoms with E-state index in [9.17, 15) is 4.79 Å². The van der Waals surface area contributed by atoms with Crippen LogP contribution < -0.4 is 4.90 Å². The van der Waals surface area contributed by atoms with Crippen molar-refractivity contribution in [3.05, 3.63) is 29.3 Å². The first-order valence-corrected chi connectivity index (χ1v) is 8.53. The maximum Gasteiger partial charge on any atom is 0.127 e. The summed E-state index contributed by atoms with van der Waals surface area (Å²) in [6.45, 7) is 4.19. The first-order chi connectivity index (χ1) is 10.2. The predicted octanol–water partition coefficient (Wildman–Crippen LogP) is 4.29. The molecule has 0 N–H and O–H groups in total. The number of benzene rings is 1. The minimum Gasteiger partial charge on any atom is -0.370 e. The summed E-state index contributed by atoms with van der Waals surface area (Å²) in [6, 6.07) is 6.79. The average molecular weight is 285 g/mol. The van der Waals surface area contributed by atoms with Gasteiger partial charge in [-0.1, -0.05) is 43.4 Å². The van der Waals surface area contributed by atoms with E-state index in [4.69, 9.17) is 0 Å². The molecule has 0 radical (unpaired) electrons. The molecule has 1 saturated carbocycles. The van der Waals surface area contributed by atoms with Gasteiger partial charge in [-0.2, -0.15) is 0 Å². The molecule has 2 heteroatoms. The van der Waals surface area contributed by atoms with Gasteiger partial charge in [0.1, 0.15) is 6.29 Å². The molecule has 0 amide bonds. The van der Waals surface area contributed by atoms with Crippen molar-refractivity contribution in [2.45, 2.75) is 58.3 Å². The Morgan fingerprint density at radius 1 is 1.14 bits per heavy atom. The third kappa shape index (κ3) is 3.14. The molecule has 114 valence electrons. The van der Waals surface area contributed by atoms with Gasteiger partial charge in [0.25, 0.3) is 0 Å². The van der Waals surface area contributed by atoms with Gasteiger partial charge in [0.15, 0.2) is 0 Å². The lowest BCUT2D eigenvalue weighted by Crippen LogP contribution is -2.41. The summed E-state index contributed by atoms with van der Waals surface area (Å²) in [5.74, 6) is 0. The van der Waals surface area contributed by atoms with Crippen molar-refractivity contribution in [1.82, 2.24) is 0 Å². The van der Waals surface area contributed by atoms with Gasteiger partial charge < -0.3 is 9.69 Å². The van der Waals surface area contributed by atoms with Crippen LogP contribution in [-0.4, -0.2) is 19.4 Å². The molecular formula is C19H27NO. The Hall–Kier alpha value is -1.31. The normalized spacial score (nSPS) is 21.5. The maximum atomic E-state index is 11.8. The number of aldehydes is 1. The van der Waals surface area contributed by atoms with E-state index in [0.717, 1.165) is 25.9 Å². The zero-order chi connectivity index (χ0) is 14.7. The van der Waals surface area contributed by atoms with Crippen molar-refractivity contribution < 1.29 is 4.79 Å². The van der Waals surface area contributed by atoms with Crippen molar-refractivity contribution in [2.24, 2.45) is 5.41 Å². The molecule has 21 heavy (non-hydrogen) atoms. The largest absolute Gasteiger partial charge is 0.370 e. The van der Waals surface area contributed by atoms with Crippen molar-refractivity contribution in [3.8, 4) is 0 Å². The molecule has 1 aliphatic heterocycles. The predicted molar refractivity (Wildman–Crippen MR) is 87.9 cm³/mol. The average Bonchev–Trinajstić information content (AvgIpc) is 2.73. The summed E-state index contributed by atoms with van der Waals surface area (Å²) in [7, 11) is 0. The Bertz CT molecular complexity index is 500. The quantitative estimate of drug-likeness (QED) is 0.610. The number of carbonyl (C=O) groups is 1. The fraction of sp³-hybridized carbons (Fsp3) is 0.632. The number of anilines is 1. The Morgan fingerprint density at radius 3 is 2.62 bits per heavy atom.